The number of rotatable bonds is 4. The van der Waals surface area contributed by atoms with Crippen LogP contribution in [0.1, 0.15) is 17.3 Å². The summed E-state index contributed by atoms with van der Waals surface area (Å²) in [5.74, 6) is 0. The second-order valence-corrected chi connectivity index (χ2v) is 6.55. The van der Waals surface area contributed by atoms with Gasteiger partial charge in [0.05, 0.1) is 0 Å². The topological polar surface area (TPSA) is 20.2 Å². The van der Waals surface area contributed by atoms with Gasteiger partial charge >= 0.3 is 109 Å². The predicted molar refractivity (Wildman–Crippen MR) is 72.7 cm³/mol. The third kappa shape index (κ3) is 3.44. The Kier molecular flexibility index (Phi) is 4.38. The summed E-state index contributed by atoms with van der Waals surface area (Å²) in [6.07, 6.45) is -0.308. The first kappa shape index (κ1) is 12.4. The summed E-state index contributed by atoms with van der Waals surface area (Å²) >= 11 is 0.261. The van der Waals surface area contributed by atoms with Crippen LogP contribution < -0.4 is 4.46 Å². The van der Waals surface area contributed by atoms with Crippen molar-refractivity contribution in [3.63, 3.8) is 0 Å². The van der Waals surface area contributed by atoms with Crippen molar-refractivity contribution < 1.29 is 5.11 Å². The van der Waals surface area contributed by atoms with Gasteiger partial charge in [-0.25, -0.2) is 0 Å². The molecule has 2 heteroatoms. The average molecular weight is 291 g/mol. The van der Waals surface area contributed by atoms with E-state index in [1.54, 1.807) is 0 Å². The van der Waals surface area contributed by atoms with E-state index in [1.807, 2.05) is 31.2 Å². The first-order chi connectivity index (χ1) is 8.27. The summed E-state index contributed by atoms with van der Waals surface area (Å²) in [4.78, 5) is 0.228. The van der Waals surface area contributed by atoms with Crippen molar-refractivity contribution in [1.82, 2.24) is 0 Å². The van der Waals surface area contributed by atoms with Crippen LogP contribution in [0, 0.1) is 0 Å². The summed E-state index contributed by atoms with van der Waals surface area (Å²) in [6.45, 7) is 1.88. The Bertz CT molecular complexity index is 439. The molecule has 88 valence electrons. The molecule has 0 bridgehead atoms. The molecule has 0 heterocycles. The van der Waals surface area contributed by atoms with E-state index in [0.29, 0.717) is 0 Å². The van der Waals surface area contributed by atoms with Crippen LogP contribution in [0.3, 0.4) is 0 Å². The zero-order valence-electron chi connectivity index (χ0n) is 9.78. The molecule has 0 aliphatic rings. The van der Waals surface area contributed by atoms with Crippen molar-refractivity contribution in [1.29, 1.82) is 0 Å². The van der Waals surface area contributed by atoms with Gasteiger partial charge in [0.15, 0.2) is 0 Å². The zero-order chi connectivity index (χ0) is 12.1. The van der Waals surface area contributed by atoms with Gasteiger partial charge in [0.25, 0.3) is 0 Å². The van der Waals surface area contributed by atoms with Crippen LogP contribution in [-0.4, -0.2) is 26.2 Å². The first-order valence-corrected chi connectivity index (χ1v) is 7.56. The average Bonchev–Trinajstić information content (AvgIpc) is 2.38. The van der Waals surface area contributed by atoms with Gasteiger partial charge in [0.2, 0.25) is 0 Å². The van der Waals surface area contributed by atoms with Gasteiger partial charge in [0.1, 0.15) is 0 Å². The fourth-order valence-electron chi connectivity index (χ4n) is 1.73. The third-order valence-corrected chi connectivity index (χ3v) is 5.64. The molecule has 2 rings (SSSR count). The maximum absolute atomic E-state index is 9.94. The number of aliphatic hydroxyl groups excluding tert-OH is 1. The molecule has 2 aromatic rings. The summed E-state index contributed by atoms with van der Waals surface area (Å²) in [5, 5.41) is 9.94. The second kappa shape index (κ2) is 6.02. The molecule has 0 radical (unpaired) electrons. The number of hydrogen-bond donors (Lipinski definition) is 1. The van der Waals surface area contributed by atoms with Gasteiger partial charge in [-0.1, -0.05) is 0 Å². The minimum absolute atomic E-state index is 0.228. The predicted octanol–water partition coefficient (Wildman–Crippen LogP) is 2.14. The summed E-state index contributed by atoms with van der Waals surface area (Å²) in [7, 11) is 0. The van der Waals surface area contributed by atoms with E-state index in [4.69, 9.17) is 0 Å². The number of hydrogen-bond acceptors (Lipinski definition) is 1. The molecule has 2 unspecified atom stereocenters. The van der Waals surface area contributed by atoms with E-state index in [-0.39, 0.29) is 25.9 Å². The Morgan fingerprint density at radius 1 is 0.882 bits per heavy atom. The minimum atomic E-state index is -0.308. The second-order valence-electron chi connectivity index (χ2n) is 4.00. The van der Waals surface area contributed by atoms with Crippen LogP contribution in [0.2, 0.25) is 0 Å². The van der Waals surface area contributed by atoms with E-state index in [1.165, 1.54) is 10.0 Å². The van der Waals surface area contributed by atoms with Crippen LogP contribution >= 0.6 is 0 Å². The molecule has 2 aromatic carbocycles. The maximum atomic E-state index is 9.94. The molecule has 1 nitrogen and oxygen atoms in total. The Morgan fingerprint density at radius 3 is 1.94 bits per heavy atom. The molecule has 0 fully saturated rings. The van der Waals surface area contributed by atoms with E-state index in [0.717, 1.165) is 0 Å². The summed E-state index contributed by atoms with van der Waals surface area (Å²) in [5.41, 5.74) is 1.23. The first-order valence-electron chi connectivity index (χ1n) is 5.72. The van der Waals surface area contributed by atoms with Gasteiger partial charge in [-0.05, 0) is 0 Å². The van der Waals surface area contributed by atoms with E-state index < -0.39 is 0 Å². The fourth-order valence-corrected chi connectivity index (χ4v) is 4.04. The van der Waals surface area contributed by atoms with Crippen molar-refractivity contribution in [2.24, 2.45) is 0 Å². The molecular formula is C15H16OSe. The summed E-state index contributed by atoms with van der Waals surface area (Å²) < 4.78 is 1.33. The van der Waals surface area contributed by atoms with Gasteiger partial charge in [0, 0.05) is 0 Å². The van der Waals surface area contributed by atoms with Crippen molar-refractivity contribution in [3.8, 4) is 0 Å². The Morgan fingerprint density at radius 2 is 1.41 bits per heavy atom. The van der Waals surface area contributed by atoms with Crippen LogP contribution in [-0.2, 0) is 0 Å². The standard InChI is InChI=1S/C15H16OSe/c1-12(16)15(13-8-4-2-5-9-13)17-14-10-6-3-7-11-14/h2-12,15-16H,1H3. The number of benzene rings is 2. The Balaban J connectivity index is 2.20. The monoisotopic (exact) mass is 292 g/mol. The molecule has 0 aliphatic carbocycles. The molecule has 0 saturated carbocycles. The van der Waals surface area contributed by atoms with E-state index in [9.17, 15) is 5.11 Å². The van der Waals surface area contributed by atoms with Crippen LogP contribution in [0.4, 0.5) is 0 Å². The number of aliphatic hydroxyl groups is 1. The zero-order valence-corrected chi connectivity index (χ0v) is 11.5. The van der Waals surface area contributed by atoms with Crippen molar-refractivity contribution >= 4 is 19.4 Å². The van der Waals surface area contributed by atoms with Gasteiger partial charge in [-0.15, -0.1) is 0 Å². The van der Waals surface area contributed by atoms with Crippen molar-refractivity contribution in [2.75, 3.05) is 0 Å². The SMILES string of the molecule is CC(O)C([Se]c1ccccc1)c1ccccc1. The van der Waals surface area contributed by atoms with E-state index >= 15 is 0 Å². The van der Waals surface area contributed by atoms with Gasteiger partial charge in [-0.2, -0.15) is 0 Å². The molecule has 1 N–H and O–H groups in total. The molecule has 0 amide bonds. The van der Waals surface area contributed by atoms with Crippen LogP contribution in [0.15, 0.2) is 60.7 Å². The molecule has 2 atom stereocenters. The quantitative estimate of drug-likeness (QED) is 0.856. The summed E-state index contributed by atoms with van der Waals surface area (Å²) in [6, 6.07) is 20.7. The van der Waals surface area contributed by atoms with Crippen LogP contribution in [0.25, 0.3) is 0 Å². The van der Waals surface area contributed by atoms with Gasteiger partial charge in [-0.3, -0.25) is 0 Å². The Labute approximate surface area is 109 Å². The van der Waals surface area contributed by atoms with Gasteiger partial charge < -0.3 is 0 Å². The molecule has 0 aliphatic heterocycles. The molecule has 0 aromatic heterocycles. The van der Waals surface area contributed by atoms with E-state index in [2.05, 4.69) is 36.4 Å². The molecular weight excluding hydrogens is 275 g/mol. The van der Waals surface area contributed by atoms with Crippen LogP contribution in [0.5, 0.6) is 0 Å². The molecule has 0 spiro atoms. The van der Waals surface area contributed by atoms with Crippen molar-refractivity contribution in [3.05, 3.63) is 66.2 Å². The molecule has 0 saturated heterocycles. The Hall–Kier alpha value is -1.08. The molecule has 17 heavy (non-hydrogen) atoms. The fraction of sp³-hybridized carbons (Fsp3) is 0.200. The third-order valence-electron chi connectivity index (χ3n) is 2.57. The van der Waals surface area contributed by atoms with Crippen molar-refractivity contribution in [2.45, 2.75) is 17.8 Å². The normalized spacial score (nSPS) is 14.2.